The molecule has 44 heavy (non-hydrogen) atoms. The number of halogens is 6. The molecule has 0 fully saturated rings. The van der Waals surface area contributed by atoms with E-state index in [-0.39, 0.29) is 21.2 Å². The summed E-state index contributed by atoms with van der Waals surface area (Å²) in [6.07, 6.45) is -9.49. The molecule has 0 atom stereocenters. The lowest BCUT2D eigenvalue weighted by atomic mass is 10.2. The van der Waals surface area contributed by atoms with Crippen LogP contribution < -0.4 is 14.3 Å². The lowest BCUT2D eigenvalue weighted by molar-refractivity contribution is -0.138. The maximum Gasteiger partial charge on any atom is 0.416 e. The van der Waals surface area contributed by atoms with Crippen LogP contribution in [0.2, 0.25) is 0 Å². The number of anilines is 3. The van der Waals surface area contributed by atoms with Gasteiger partial charge in [0.25, 0.3) is 20.0 Å². The fourth-order valence-electron chi connectivity index (χ4n) is 3.89. The van der Waals surface area contributed by atoms with Crippen LogP contribution in [0.25, 0.3) is 0 Å². The maximum absolute atomic E-state index is 13.4. The normalized spacial score (nSPS) is 12.4. The summed E-state index contributed by atoms with van der Waals surface area (Å²) in [5.41, 5.74) is -2.98. The van der Waals surface area contributed by atoms with E-state index in [1.54, 1.807) is 0 Å². The second-order valence-electron chi connectivity index (χ2n) is 9.13. The van der Waals surface area contributed by atoms with Gasteiger partial charge in [0.15, 0.2) is 0 Å². The first-order valence-electron chi connectivity index (χ1n) is 12.3. The molecule has 0 unspecified atom stereocenters. The topological polar surface area (TPSA) is 113 Å². The molecule has 0 radical (unpaired) electrons. The van der Waals surface area contributed by atoms with Gasteiger partial charge in [0.05, 0.1) is 26.6 Å². The van der Waals surface area contributed by atoms with Crippen LogP contribution in [0.4, 0.5) is 43.4 Å². The molecular formula is C28H21F6N3O5S2. The first-order chi connectivity index (χ1) is 20.5. The minimum Gasteiger partial charge on any atom is -0.325 e. The molecule has 16 heteroatoms. The van der Waals surface area contributed by atoms with Gasteiger partial charge in [0.2, 0.25) is 5.91 Å². The third-order valence-corrected chi connectivity index (χ3v) is 9.16. The Morgan fingerprint density at radius 1 is 0.636 bits per heavy atom. The first kappa shape index (κ1) is 32.3. The quantitative estimate of drug-likeness (QED) is 0.204. The van der Waals surface area contributed by atoms with Crippen LogP contribution in [-0.2, 0) is 37.2 Å². The molecule has 0 saturated carbocycles. The minimum atomic E-state index is -4.79. The summed E-state index contributed by atoms with van der Waals surface area (Å²) in [4.78, 5) is 12.3. The Balaban J connectivity index is 1.55. The van der Waals surface area contributed by atoms with Gasteiger partial charge in [-0.3, -0.25) is 13.8 Å². The number of amides is 1. The second kappa shape index (κ2) is 12.2. The molecule has 232 valence electrons. The van der Waals surface area contributed by atoms with E-state index < -0.39 is 61.7 Å². The van der Waals surface area contributed by atoms with Gasteiger partial charge in [-0.05, 0) is 72.8 Å². The van der Waals surface area contributed by atoms with E-state index >= 15 is 0 Å². The molecule has 1 amide bonds. The number of carbonyl (C=O) groups excluding carboxylic acids is 1. The van der Waals surface area contributed by atoms with Crippen LogP contribution in [0.15, 0.2) is 113 Å². The fraction of sp³-hybridized carbons (Fsp3) is 0.107. The number of carbonyl (C=O) groups is 1. The standard InChI is InChI=1S/C28H21F6N3O5S2/c29-27(30,31)19-6-4-8-22(16-19)36-43(39,40)24-14-12-21(13-15-24)35-26(38)18-37(44(41,42)25-10-2-1-3-11-25)23-9-5-7-20(17-23)28(32,33)34/h1-17,36H,18H2,(H,35,38). The summed E-state index contributed by atoms with van der Waals surface area (Å²) in [5, 5.41) is 2.36. The van der Waals surface area contributed by atoms with Crippen LogP contribution in [0.1, 0.15) is 11.1 Å². The molecule has 4 aromatic carbocycles. The molecule has 0 aliphatic heterocycles. The smallest absolute Gasteiger partial charge is 0.325 e. The highest BCUT2D eigenvalue weighted by Crippen LogP contribution is 2.34. The lowest BCUT2D eigenvalue weighted by Gasteiger charge is -2.25. The van der Waals surface area contributed by atoms with Crippen molar-refractivity contribution in [1.82, 2.24) is 0 Å². The Morgan fingerprint density at radius 2 is 1.20 bits per heavy atom. The summed E-state index contributed by atoms with van der Waals surface area (Å²) in [5.74, 6) is -0.973. The zero-order valence-corrected chi connectivity index (χ0v) is 23.7. The van der Waals surface area contributed by atoms with Crippen molar-refractivity contribution in [2.45, 2.75) is 22.1 Å². The average Bonchev–Trinajstić information content (AvgIpc) is 2.96. The third kappa shape index (κ3) is 7.68. The summed E-state index contributed by atoms with van der Waals surface area (Å²) in [6.45, 7) is -0.949. The number of hydrogen-bond acceptors (Lipinski definition) is 5. The predicted octanol–water partition coefficient (Wildman–Crippen LogP) is 6.36. The Morgan fingerprint density at radius 3 is 1.80 bits per heavy atom. The first-order valence-corrected chi connectivity index (χ1v) is 15.2. The van der Waals surface area contributed by atoms with Gasteiger partial charge in [0, 0.05) is 11.4 Å². The summed E-state index contributed by atoms with van der Waals surface area (Å²) < 4.78 is 134. The van der Waals surface area contributed by atoms with Gasteiger partial charge in [0.1, 0.15) is 6.54 Å². The molecule has 2 N–H and O–H groups in total. The highest BCUT2D eigenvalue weighted by molar-refractivity contribution is 7.93. The monoisotopic (exact) mass is 657 g/mol. The number of nitrogens with one attached hydrogen (secondary N) is 2. The lowest BCUT2D eigenvalue weighted by Crippen LogP contribution is -2.38. The van der Waals surface area contributed by atoms with Crippen molar-refractivity contribution >= 4 is 43.0 Å². The number of sulfonamides is 2. The Bertz CT molecular complexity index is 1860. The Hall–Kier alpha value is -4.57. The zero-order valence-electron chi connectivity index (χ0n) is 22.1. The minimum absolute atomic E-state index is 0.00544. The van der Waals surface area contributed by atoms with E-state index in [1.807, 2.05) is 4.72 Å². The third-order valence-electron chi connectivity index (χ3n) is 5.97. The molecule has 8 nitrogen and oxygen atoms in total. The molecule has 0 aliphatic rings. The molecular weight excluding hydrogens is 636 g/mol. The van der Waals surface area contributed by atoms with Crippen LogP contribution in [0, 0.1) is 0 Å². The van der Waals surface area contributed by atoms with Gasteiger partial charge in [-0.1, -0.05) is 30.3 Å². The van der Waals surface area contributed by atoms with Crippen LogP contribution in [-0.4, -0.2) is 29.3 Å². The highest BCUT2D eigenvalue weighted by Gasteiger charge is 2.33. The van der Waals surface area contributed by atoms with Gasteiger partial charge in [-0.25, -0.2) is 16.8 Å². The highest BCUT2D eigenvalue weighted by atomic mass is 32.2. The van der Waals surface area contributed by atoms with E-state index in [9.17, 15) is 48.0 Å². The van der Waals surface area contributed by atoms with E-state index in [0.29, 0.717) is 16.4 Å². The average molecular weight is 658 g/mol. The number of alkyl halides is 6. The fourth-order valence-corrected chi connectivity index (χ4v) is 6.38. The predicted molar refractivity (Wildman–Crippen MR) is 150 cm³/mol. The summed E-state index contributed by atoms with van der Waals surface area (Å²) in [6, 6.07) is 18.1. The maximum atomic E-state index is 13.4. The molecule has 0 heterocycles. The summed E-state index contributed by atoms with van der Waals surface area (Å²) in [7, 11) is -8.88. The summed E-state index contributed by atoms with van der Waals surface area (Å²) >= 11 is 0. The Kier molecular flexibility index (Phi) is 8.97. The molecule has 0 aromatic heterocycles. The van der Waals surface area contributed by atoms with Crippen LogP contribution >= 0.6 is 0 Å². The molecule has 0 spiro atoms. The number of hydrogen-bond donors (Lipinski definition) is 2. The SMILES string of the molecule is O=C(CN(c1cccc(C(F)(F)F)c1)S(=O)(=O)c1ccccc1)Nc1ccc(S(=O)(=O)Nc2cccc(C(F)(F)F)c2)cc1. The van der Waals surface area contributed by atoms with Gasteiger partial charge in [-0.2, -0.15) is 26.3 Å². The van der Waals surface area contributed by atoms with Crippen LogP contribution in [0.5, 0.6) is 0 Å². The number of benzene rings is 4. The number of rotatable bonds is 9. The van der Waals surface area contributed by atoms with Crippen LogP contribution in [0.3, 0.4) is 0 Å². The van der Waals surface area contributed by atoms with Gasteiger partial charge < -0.3 is 5.32 Å². The van der Waals surface area contributed by atoms with E-state index in [2.05, 4.69) is 5.32 Å². The molecule has 0 bridgehead atoms. The molecule has 4 rings (SSSR count). The van der Waals surface area contributed by atoms with Crippen molar-refractivity contribution in [3.05, 3.63) is 114 Å². The van der Waals surface area contributed by atoms with Gasteiger partial charge in [-0.15, -0.1) is 0 Å². The van der Waals surface area contributed by atoms with Crippen molar-refractivity contribution in [3.8, 4) is 0 Å². The van der Waals surface area contributed by atoms with Crippen molar-refractivity contribution in [2.24, 2.45) is 0 Å². The van der Waals surface area contributed by atoms with Crippen molar-refractivity contribution < 1.29 is 48.0 Å². The molecule has 4 aromatic rings. The van der Waals surface area contributed by atoms with Gasteiger partial charge >= 0.3 is 12.4 Å². The largest absolute Gasteiger partial charge is 0.416 e. The second-order valence-corrected chi connectivity index (χ2v) is 12.7. The Labute approximate surface area is 248 Å². The number of nitrogens with zero attached hydrogens (tertiary/aromatic N) is 1. The zero-order chi connectivity index (χ0) is 32.3. The molecule has 0 aliphatic carbocycles. The van der Waals surface area contributed by atoms with E-state index in [4.69, 9.17) is 0 Å². The van der Waals surface area contributed by atoms with Crippen molar-refractivity contribution in [1.29, 1.82) is 0 Å². The van der Waals surface area contributed by atoms with E-state index in [1.165, 1.54) is 30.3 Å². The van der Waals surface area contributed by atoms with Crippen molar-refractivity contribution in [3.63, 3.8) is 0 Å². The van der Waals surface area contributed by atoms with Crippen molar-refractivity contribution in [2.75, 3.05) is 20.9 Å². The molecule has 0 saturated heterocycles. The van der Waals surface area contributed by atoms with E-state index in [0.717, 1.165) is 60.7 Å².